The van der Waals surface area contributed by atoms with E-state index in [1.807, 2.05) is 0 Å². The molecule has 1 aliphatic carbocycles. The maximum absolute atomic E-state index is 6.98. The second kappa shape index (κ2) is 16.2. The molecule has 0 bridgehead atoms. The van der Waals surface area contributed by atoms with Crippen LogP contribution < -0.4 is 14.5 Å². The lowest BCUT2D eigenvalue weighted by Crippen LogP contribution is -2.28. The number of rotatable bonds is 9. The van der Waals surface area contributed by atoms with Gasteiger partial charge in [-0.2, -0.15) is 0 Å². The van der Waals surface area contributed by atoms with Gasteiger partial charge in [0.25, 0.3) is 0 Å². The number of nitrogens with zero attached hydrogens (tertiary/aromatic N) is 2. The Balaban J connectivity index is 0.989. The van der Waals surface area contributed by atoms with Gasteiger partial charge in [0, 0.05) is 50.8 Å². The lowest BCUT2D eigenvalue weighted by Gasteiger charge is -2.34. The summed E-state index contributed by atoms with van der Waals surface area (Å²) in [5.74, 6) is 1.67. The Morgan fingerprint density at radius 1 is 0.294 bits per heavy atom. The molecule has 11 aromatic rings. The molecular weight excluding hydrogens is 825 g/mol. The van der Waals surface area contributed by atoms with Crippen LogP contribution in [0.5, 0.6) is 11.5 Å². The summed E-state index contributed by atoms with van der Waals surface area (Å²) >= 11 is 0. The fraction of sp³-hybridized carbons (Fsp3) is 0.0154. The zero-order valence-electron chi connectivity index (χ0n) is 37.2. The molecule has 0 atom stereocenters. The highest BCUT2D eigenvalue weighted by Crippen LogP contribution is 2.58. The first-order valence-corrected chi connectivity index (χ1v) is 23.3. The predicted octanol–water partition coefficient (Wildman–Crippen LogP) is 17.6. The van der Waals surface area contributed by atoms with Crippen LogP contribution in [0.3, 0.4) is 0 Å². The van der Waals surface area contributed by atoms with Crippen LogP contribution in [-0.4, -0.2) is 0 Å². The number of fused-ring (bicyclic) bond motifs is 5. The molecular formula is C65H44N2O. The van der Waals surface area contributed by atoms with E-state index in [1.165, 1.54) is 44.5 Å². The van der Waals surface area contributed by atoms with Crippen LogP contribution in [0.15, 0.2) is 267 Å². The number of anilines is 6. The first-order valence-electron chi connectivity index (χ1n) is 23.3. The Kier molecular flexibility index (Phi) is 9.40. The molecule has 3 nitrogen and oxygen atoms in total. The van der Waals surface area contributed by atoms with Crippen molar-refractivity contribution in [3.63, 3.8) is 0 Å². The highest BCUT2D eigenvalue weighted by Gasteiger charge is 2.46. The highest BCUT2D eigenvalue weighted by atomic mass is 16.5. The lowest BCUT2D eigenvalue weighted by molar-refractivity contribution is 0.487. The van der Waals surface area contributed by atoms with Crippen molar-refractivity contribution in [1.82, 2.24) is 0 Å². The maximum atomic E-state index is 6.98. The maximum Gasteiger partial charge on any atom is 0.137 e. The van der Waals surface area contributed by atoms with Gasteiger partial charge in [0.05, 0.1) is 11.1 Å². The normalized spacial score (nSPS) is 12.6. The quantitative estimate of drug-likeness (QED) is 0.144. The third kappa shape index (κ3) is 6.28. The van der Waals surface area contributed by atoms with Crippen molar-refractivity contribution in [2.24, 2.45) is 0 Å². The molecule has 0 spiro atoms. The Morgan fingerprint density at radius 3 is 1.49 bits per heavy atom. The molecule has 1 aliphatic heterocycles. The van der Waals surface area contributed by atoms with Gasteiger partial charge in [-0.15, -0.1) is 0 Å². The Labute approximate surface area is 397 Å². The van der Waals surface area contributed by atoms with Crippen LogP contribution in [-0.2, 0) is 5.41 Å². The minimum Gasteiger partial charge on any atom is -0.456 e. The first-order chi connectivity index (χ1) is 33.7. The van der Waals surface area contributed by atoms with Crippen LogP contribution in [0.2, 0.25) is 0 Å². The van der Waals surface area contributed by atoms with Crippen molar-refractivity contribution in [3.8, 4) is 44.9 Å². The van der Waals surface area contributed by atoms with Gasteiger partial charge in [0.1, 0.15) is 11.5 Å². The van der Waals surface area contributed by atoms with Gasteiger partial charge in [-0.05, 0) is 123 Å². The van der Waals surface area contributed by atoms with Gasteiger partial charge in [-0.25, -0.2) is 0 Å². The summed E-state index contributed by atoms with van der Waals surface area (Å²) in [5, 5.41) is 2.21. The monoisotopic (exact) mass is 868 g/mol. The molecule has 13 rings (SSSR count). The summed E-state index contributed by atoms with van der Waals surface area (Å²) in [4.78, 5) is 4.71. The number of hydrogen-bond donors (Lipinski definition) is 0. The molecule has 0 N–H and O–H groups in total. The summed E-state index contributed by atoms with van der Waals surface area (Å²) in [6.45, 7) is 0. The minimum atomic E-state index is -0.487. The van der Waals surface area contributed by atoms with E-state index in [2.05, 4.69) is 277 Å². The fourth-order valence-corrected chi connectivity index (χ4v) is 11.0. The first kappa shape index (κ1) is 39.4. The molecule has 0 amide bonds. The largest absolute Gasteiger partial charge is 0.456 e. The zero-order chi connectivity index (χ0) is 45.0. The van der Waals surface area contributed by atoms with Crippen LogP contribution in [0.4, 0.5) is 34.1 Å². The summed E-state index contributed by atoms with van der Waals surface area (Å²) in [7, 11) is 0. The second-order valence-electron chi connectivity index (χ2n) is 17.6. The van der Waals surface area contributed by atoms with Crippen LogP contribution >= 0.6 is 0 Å². The van der Waals surface area contributed by atoms with Crippen LogP contribution in [0, 0.1) is 0 Å². The smallest absolute Gasteiger partial charge is 0.137 e. The highest BCUT2D eigenvalue weighted by molar-refractivity contribution is 6.11. The molecule has 0 saturated carbocycles. The topological polar surface area (TPSA) is 15.7 Å². The molecule has 11 aromatic carbocycles. The fourth-order valence-electron chi connectivity index (χ4n) is 11.0. The Morgan fingerprint density at radius 2 is 0.809 bits per heavy atom. The molecule has 0 saturated heterocycles. The lowest BCUT2D eigenvalue weighted by atomic mass is 9.68. The second-order valence-corrected chi connectivity index (χ2v) is 17.6. The molecule has 320 valence electrons. The molecule has 3 heteroatoms. The molecule has 0 radical (unpaired) electrons. The molecule has 1 heterocycles. The van der Waals surface area contributed by atoms with Crippen molar-refractivity contribution < 1.29 is 4.74 Å². The van der Waals surface area contributed by atoms with Gasteiger partial charge in [-0.1, -0.05) is 188 Å². The minimum absolute atomic E-state index is 0.487. The molecule has 0 unspecified atom stereocenters. The van der Waals surface area contributed by atoms with Gasteiger partial charge in [0.15, 0.2) is 0 Å². The predicted molar refractivity (Wildman–Crippen MR) is 282 cm³/mol. The zero-order valence-corrected chi connectivity index (χ0v) is 37.2. The van der Waals surface area contributed by atoms with Crippen LogP contribution in [0.25, 0.3) is 44.2 Å². The standard InChI is InChI=1S/C65H44N2O/c1-6-19-45(20-7-1)46-33-35-51(36-34-46)67(52-38-40-60-58(43-52)54-29-16-17-32-59(54)65(60,47-21-8-2-9-22-47)48-23-10-3-11-24-48)61-41-42-62-64-56(30-18-31-57(61)64)55-39-37-53(44-63(55)68-62)66(49-25-12-4-13-26-49)50-27-14-5-15-28-50/h1-44H. The van der Waals surface area contributed by atoms with Gasteiger partial charge >= 0.3 is 0 Å². The van der Waals surface area contributed by atoms with Gasteiger partial charge in [-0.3, -0.25) is 0 Å². The summed E-state index contributed by atoms with van der Waals surface area (Å²) in [5.41, 5.74) is 18.0. The SMILES string of the molecule is c1ccc(-c2ccc(N(c3ccc4c(c3)-c3ccccc3C4(c3ccccc3)c3ccccc3)c3ccc4c5c(cccc35)-c3ccc(N(c5ccccc5)c5ccccc5)cc3O4)cc2)cc1. The van der Waals surface area contributed by atoms with Gasteiger partial charge in [0.2, 0.25) is 0 Å². The number of para-hydroxylation sites is 2. The number of hydrogen-bond acceptors (Lipinski definition) is 3. The third-order valence-corrected chi connectivity index (χ3v) is 13.9. The van der Waals surface area contributed by atoms with Crippen LogP contribution in [0.1, 0.15) is 22.3 Å². The van der Waals surface area contributed by atoms with Crippen molar-refractivity contribution >= 4 is 44.9 Å². The number of ether oxygens (including phenoxy) is 1. The van der Waals surface area contributed by atoms with E-state index >= 15 is 0 Å². The molecule has 68 heavy (non-hydrogen) atoms. The molecule has 0 aromatic heterocycles. The van der Waals surface area contributed by atoms with Crippen molar-refractivity contribution in [2.45, 2.75) is 5.41 Å². The average Bonchev–Trinajstić information content (AvgIpc) is 3.71. The third-order valence-electron chi connectivity index (χ3n) is 13.9. The summed E-state index contributed by atoms with van der Waals surface area (Å²) < 4.78 is 6.98. The summed E-state index contributed by atoms with van der Waals surface area (Å²) in [6.07, 6.45) is 0. The van der Waals surface area contributed by atoms with E-state index in [4.69, 9.17) is 4.74 Å². The van der Waals surface area contributed by atoms with E-state index in [0.29, 0.717) is 0 Å². The van der Waals surface area contributed by atoms with Gasteiger partial charge < -0.3 is 14.5 Å². The Hall–Kier alpha value is -8.92. The number of benzene rings is 11. The van der Waals surface area contributed by atoms with E-state index in [1.54, 1.807) is 0 Å². The molecule has 2 aliphatic rings. The average molecular weight is 869 g/mol. The van der Waals surface area contributed by atoms with E-state index in [0.717, 1.165) is 67.5 Å². The Bertz CT molecular complexity index is 3550. The van der Waals surface area contributed by atoms with E-state index in [9.17, 15) is 0 Å². The van der Waals surface area contributed by atoms with E-state index < -0.39 is 5.41 Å². The van der Waals surface area contributed by atoms with Crippen molar-refractivity contribution in [2.75, 3.05) is 9.80 Å². The molecule has 0 fully saturated rings. The summed E-state index contributed by atoms with van der Waals surface area (Å²) in [6, 6.07) is 96.5. The van der Waals surface area contributed by atoms with Crippen molar-refractivity contribution in [3.05, 3.63) is 289 Å². The van der Waals surface area contributed by atoms with Crippen molar-refractivity contribution in [1.29, 1.82) is 0 Å². The van der Waals surface area contributed by atoms with E-state index in [-0.39, 0.29) is 0 Å².